The van der Waals surface area contributed by atoms with Crippen molar-refractivity contribution in [2.75, 3.05) is 44.2 Å². The van der Waals surface area contributed by atoms with Gasteiger partial charge in [-0.05, 0) is 13.0 Å². The summed E-state index contributed by atoms with van der Waals surface area (Å²) in [6, 6.07) is 0. The van der Waals surface area contributed by atoms with Gasteiger partial charge in [-0.15, -0.1) is 0 Å². The second-order valence-corrected chi connectivity index (χ2v) is 5.77. The van der Waals surface area contributed by atoms with E-state index in [9.17, 15) is 18.0 Å². The number of aromatic nitrogens is 2. The van der Waals surface area contributed by atoms with E-state index in [4.69, 9.17) is 0 Å². The van der Waals surface area contributed by atoms with Gasteiger partial charge in [0.05, 0.1) is 11.5 Å². The molecule has 6 nitrogen and oxygen atoms in total. The second-order valence-electron chi connectivity index (χ2n) is 5.77. The Hall–Kier alpha value is -1.90. The van der Waals surface area contributed by atoms with Crippen LogP contribution in [-0.2, 0) is 11.0 Å². The number of nitrogens with one attached hydrogen (secondary N) is 1. The summed E-state index contributed by atoms with van der Waals surface area (Å²) in [6.45, 7) is 3.73. The molecule has 1 amide bonds. The number of halogens is 3. The lowest BCUT2D eigenvalue weighted by atomic mass is 10.1. The summed E-state index contributed by atoms with van der Waals surface area (Å²) in [7, 11) is 0. The van der Waals surface area contributed by atoms with Gasteiger partial charge >= 0.3 is 6.18 Å². The highest BCUT2D eigenvalue weighted by Crippen LogP contribution is 2.28. The van der Waals surface area contributed by atoms with Crippen LogP contribution in [-0.4, -0.2) is 60.0 Å². The van der Waals surface area contributed by atoms with E-state index >= 15 is 0 Å². The van der Waals surface area contributed by atoms with Crippen LogP contribution in [0.1, 0.15) is 12.0 Å². The molecule has 0 spiro atoms. The molecule has 0 aromatic carbocycles. The van der Waals surface area contributed by atoms with Gasteiger partial charge in [0.15, 0.2) is 0 Å². The second kappa shape index (κ2) is 6.31. The summed E-state index contributed by atoms with van der Waals surface area (Å²) in [5, 5.41) is 3.17. The largest absolute Gasteiger partial charge is 0.419 e. The van der Waals surface area contributed by atoms with Crippen molar-refractivity contribution in [1.82, 2.24) is 20.2 Å². The van der Waals surface area contributed by atoms with Crippen LogP contribution in [0.5, 0.6) is 0 Å². The summed E-state index contributed by atoms with van der Waals surface area (Å²) in [4.78, 5) is 23.5. The van der Waals surface area contributed by atoms with Crippen LogP contribution in [0.15, 0.2) is 12.4 Å². The fourth-order valence-corrected chi connectivity index (χ4v) is 2.88. The predicted molar refractivity (Wildman–Crippen MR) is 76.8 cm³/mol. The Bertz CT molecular complexity index is 549. The third kappa shape index (κ3) is 3.54. The van der Waals surface area contributed by atoms with Gasteiger partial charge in [0.1, 0.15) is 0 Å². The molecule has 2 aliphatic rings. The molecular formula is C14H18F3N5O. The molecule has 1 aromatic rings. The monoisotopic (exact) mass is 329 g/mol. The van der Waals surface area contributed by atoms with Gasteiger partial charge in [0.2, 0.25) is 11.9 Å². The standard InChI is InChI=1S/C14H18F3N5O/c15-14(16,17)11-8-19-13(20-9-11)22-5-3-21(4-6-22)12(23)10-1-2-18-7-10/h8-10,18H,1-7H2/t10-/m1/s1. The first kappa shape index (κ1) is 16.0. The molecule has 0 aliphatic carbocycles. The lowest BCUT2D eigenvalue weighted by Gasteiger charge is -2.35. The minimum atomic E-state index is -4.43. The van der Waals surface area contributed by atoms with E-state index in [0.717, 1.165) is 31.9 Å². The van der Waals surface area contributed by atoms with Crippen LogP contribution in [0.4, 0.5) is 19.1 Å². The van der Waals surface area contributed by atoms with Gasteiger partial charge in [-0.25, -0.2) is 9.97 Å². The van der Waals surface area contributed by atoms with Crippen molar-refractivity contribution in [2.45, 2.75) is 12.6 Å². The van der Waals surface area contributed by atoms with Crippen LogP contribution in [0.25, 0.3) is 0 Å². The SMILES string of the molecule is O=C([C@@H]1CCNC1)N1CCN(c2ncc(C(F)(F)F)cn2)CC1. The van der Waals surface area contributed by atoms with Crippen LogP contribution in [0.3, 0.4) is 0 Å². The Morgan fingerprint density at radius 1 is 1.17 bits per heavy atom. The molecule has 2 fully saturated rings. The number of carbonyl (C=O) groups is 1. The molecule has 1 N–H and O–H groups in total. The Kier molecular flexibility index (Phi) is 4.38. The molecule has 0 bridgehead atoms. The van der Waals surface area contributed by atoms with E-state index in [-0.39, 0.29) is 17.8 Å². The van der Waals surface area contributed by atoms with Crippen molar-refractivity contribution in [3.8, 4) is 0 Å². The zero-order chi connectivity index (χ0) is 16.4. The van der Waals surface area contributed by atoms with Crippen molar-refractivity contribution in [3.05, 3.63) is 18.0 Å². The van der Waals surface area contributed by atoms with Crippen LogP contribution < -0.4 is 10.2 Å². The normalized spacial score (nSPS) is 22.5. The molecule has 9 heteroatoms. The highest BCUT2D eigenvalue weighted by Gasteiger charge is 2.32. The van der Waals surface area contributed by atoms with Gasteiger partial charge in [-0.2, -0.15) is 13.2 Å². The third-order valence-corrected chi connectivity index (χ3v) is 4.25. The molecule has 126 valence electrons. The molecule has 23 heavy (non-hydrogen) atoms. The number of amides is 1. The summed E-state index contributed by atoms with van der Waals surface area (Å²) in [5.41, 5.74) is -0.858. The molecule has 1 atom stereocenters. The number of hydrogen-bond donors (Lipinski definition) is 1. The average Bonchev–Trinajstić information content (AvgIpc) is 3.08. The summed E-state index contributed by atoms with van der Waals surface area (Å²) < 4.78 is 37.5. The summed E-state index contributed by atoms with van der Waals surface area (Å²) >= 11 is 0. The van der Waals surface area contributed by atoms with Gasteiger partial charge in [-0.3, -0.25) is 4.79 Å². The van der Waals surface area contributed by atoms with E-state index in [0.29, 0.717) is 26.2 Å². The number of rotatable bonds is 2. The van der Waals surface area contributed by atoms with Crippen LogP contribution in [0, 0.1) is 5.92 Å². The topological polar surface area (TPSA) is 61.4 Å². The molecule has 0 saturated carbocycles. The van der Waals surface area contributed by atoms with E-state index in [1.165, 1.54) is 0 Å². The van der Waals surface area contributed by atoms with E-state index in [1.807, 2.05) is 4.90 Å². The average molecular weight is 329 g/mol. The predicted octanol–water partition coefficient (Wildman–Crippen LogP) is 0.754. The quantitative estimate of drug-likeness (QED) is 0.868. The lowest BCUT2D eigenvalue weighted by molar-refractivity contribution is -0.138. The van der Waals surface area contributed by atoms with Crippen LogP contribution in [0.2, 0.25) is 0 Å². The molecule has 0 radical (unpaired) electrons. The molecule has 2 saturated heterocycles. The minimum absolute atomic E-state index is 0.0452. The summed E-state index contributed by atoms with van der Waals surface area (Å²) in [5.74, 6) is 0.472. The van der Waals surface area contributed by atoms with Gasteiger partial charge in [0.25, 0.3) is 0 Å². The maximum Gasteiger partial charge on any atom is 0.419 e. The van der Waals surface area contributed by atoms with Gasteiger partial charge in [-0.1, -0.05) is 0 Å². The first-order valence-electron chi connectivity index (χ1n) is 7.59. The van der Waals surface area contributed by atoms with Crippen LogP contribution >= 0.6 is 0 Å². The summed E-state index contributed by atoms with van der Waals surface area (Å²) in [6.07, 6.45) is -1.98. The lowest BCUT2D eigenvalue weighted by Crippen LogP contribution is -2.51. The number of anilines is 1. The number of carbonyl (C=O) groups excluding carboxylic acids is 1. The van der Waals surface area contributed by atoms with E-state index in [1.54, 1.807) is 4.90 Å². The smallest absolute Gasteiger partial charge is 0.339 e. The molecule has 3 rings (SSSR count). The Morgan fingerprint density at radius 3 is 2.35 bits per heavy atom. The minimum Gasteiger partial charge on any atom is -0.339 e. The Labute approximate surface area is 131 Å². The van der Waals surface area contributed by atoms with Gasteiger partial charge < -0.3 is 15.1 Å². The zero-order valence-corrected chi connectivity index (χ0v) is 12.5. The maximum absolute atomic E-state index is 12.5. The van der Waals surface area contributed by atoms with Crippen molar-refractivity contribution in [3.63, 3.8) is 0 Å². The molecule has 1 aromatic heterocycles. The maximum atomic E-state index is 12.5. The Morgan fingerprint density at radius 2 is 1.83 bits per heavy atom. The molecular weight excluding hydrogens is 311 g/mol. The fraction of sp³-hybridized carbons (Fsp3) is 0.643. The number of nitrogens with zero attached hydrogens (tertiary/aromatic N) is 4. The molecule has 0 unspecified atom stereocenters. The molecule has 2 aliphatic heterocycles. The number of alkyl halides is 3. The number of piperazine rings is 1. The third-order valence-electron chi connectivity index (χ3n) is 4.25. The van der Waals surface area contributed by atoms with Crippen molar-refractivity contribution in [2.24, 2.45) is 5.92 Å². The van der Waals surface area contributed by atoms with Gasteiger partial charge in [0, 0.05) is 45.1 Å². The van der Waals surface area contributed by atoms with Crippen molar-refractivity contribution < 1.29 is 18.0 Å². The first-order valence-corrected chi connectivity index (χ1v) is 7.59. The van der Waals surface area contributed by atoms with E-state index < -0.39 is 11.7 Å². The Balaban J connectivity index is 1.57. The highest BCUT2D eigenvalue weighted by atomic mass is 19.4. The highest BCUT2D eigenvalue weighted by molar-refractivity contribution is 5.79. The van der Waals surface area contributed by atoms with E-state index in [2.05, 4.69) is 15.3 Å². The fourth-order valence-electron chi connectivity index (χ4n) is 2.88. The zero-order valence-electron chi connectivity index (χ0n) is 12.5. The first-order chi connectivity index (χ1) is 10.9. The van der Waals surface area contributed by atoms with Crippen molar-refractivity contribution in [1.29, 1.82) is 0 Å². The van der Waals surface area contributed by atoms with Crippen molar-refractivity contribution >= 4 is 11.9 Å². The molecule has 3 heterocycles. The number of hydrogen-bond acceptors (Lipinski definition) is 5.